The molecular formula is C6H12N4. The summed E-state index contributed by atoms with van der Waals surface area (Å²) >= 11 is 0. The van der Waals surface area contributed by atoms with Crippen LogP contribution >= 0.6 is 0 Å². The lowest BCUT2D eigenvalue weighted by Gasteiger charge is -2.08. The van der Waals surface area contributed by atoms with Crippen molar-refractivity contribution in [1.82, 2.24) is 15.2 Å². The molecular weight excluding hydrogens is 128 g/mol. The third kappa shape index (κ3) is 1.17. The van der Waals surface area contributed by atoms with E-state index in [-0.39, 0.29) is 6.04 Å². The van der Waals surface area contributed by atoms with Crippen molar-refractivity contribution in [3.05, 3.63) is 18.0 Å². The second-order valence-corrected chi connectivity index (χ2v) is 2.27. The van der Waals surface area contributed by atoms with Crippen molar-refractivity contribution in [1.29, 1.82) is 0 Å². The average molecular weight is 140 g/mol. The Bertz CT molecular complexity index is 205. The summed E-state index contributed by atoms with van der Waals surface area (Å²) in [4.78, 5) is 0. The zero-order valence-electron chi connectivity index (χ0n) is 6.20. The van der Waals surface area contributed by atoms with Crippen LogP contribution in [0.2, 0.25) is 0 Å². The predicted octanol–water partition coefficient (Wildman–Crippen LogP) is -0.0556. The summed E-state index contributed by atoms with van der Waals surface area (Å²) in [5.74, 6) is 5.24. The Balaban J connectivity index is 2.82. The Kier molecular flexibility index (Phi) is 2.03. The van der Waals surface area contributed by atoms with Gasteiger partial charge < -0.3 is 0 Å². The molecule has 0 aliphatic heterocycles. The molecule has 3 N–H and O–H groups in total. The second kappa shape index (κ2) is 2.81. The largest absolute Gasteiger partial charge is 0.271 e. The van der Waals surface area contributed by atoms with Crippen molar-refractivity contribution < 1.29 is 0 Å². The lowest BCUT2D eigenvalue weighted by molar-refractivity contribution is 0.548. The van der Waals surface area contributed by atoms with E-state index in [1.165, 1.54) is 0 Å². The van der Waals surface area contributed by atoms with E-state index in [0.29, 0.717) is 0 Å². The summed E-state index contributed by atoms with van der Waals surface area (Å²) in [5.41, 5.74) is 3.73. The van der Waals surface area contributed by atoms with Gasteiger partial charge >= 0.3 is 0 Å². The van der Waals surface area contributed by atoms with Crippen LogP contribution in [-0.2, 0) is 7.05 Å². The van der Waals surface area contributed by atoms with Crippen molar-refractivity contribution in [3.8, 4) is 0 Å². The van der Waals surface area contributed by atoms with Crippen molar-refractivity contribution in [2.75, 3.05) is 0 Å². The number of rotatable bonds is 2. The van der Waals surface area contributed by atoms with E-state index < -0.39 is 0 Å². The molecule has 1 heterocycles. The molecule has 0 saturated heterocycles. The van der Waals surface area contributed by atoms with Crippen molar-refractivity contribution >= 4 is 0 Å². The summed E-state index contributed by atoms with van der Waals surface area (Å²) < 4.78 is 1.80. The van der Waals surface area contributed by atoms with Crippen LogP contribution in [0.4, 0.5) is 0 Å². The van der Waals surface area contributed by atoms with Crippen LogP contribution in [0, 0.1) is 0 Å². The number of hydrogen-bond acceptors (Lipinski definition) is 3. The molecule has 0 aliphatic carbocycles. The van der Waals surface area contributed by atoms with Crippen molar-refractivity contribution in [2.24, 2.45) is 12.9 Å². The fraction of sp³-hybridized carbons (Fsp3) is 0.500. The highest BCUT2D eigenvalue weighted by atomic mass is 15.3. The van der Waals surface area contributed by atoms with Crippen LogP contribution in [0.5, 0.6) is 0 Å². The van der Waals surface area contributed by atoms with Gasteiger partial charge in [-0.15, -0.1) is 0 Å². The Morgan fingerprint density at radius 1 is 1.80 bits per heavy atom. The first-order valence-corrected chi connectivity index (χ1v) is 3.19. The summed E-state index contributed by atoms with van der Waals surface area (Å²) in [6.45, 7) is 1.98. The van der Waals surface area contributed by atoms with Gasteiger partial charge in [0.15, 0.2) is 0 Å². The monoisotopic (exact) mass is 140 g/mol. The van der Waals surface area contributed by atoms with Crippen LogP contribution in [-0.4, -0.2) is 9.78 Å². The third-order valence-corrected chi connectivity index (χ3v) is 1.55. The maximum absolute atomic E-state index is 5.24. The van der Waals surface area contributed by atoms with Crippen molar-refractivity contribution in [3.63, 3.8) is 0 Å². The number of aryl methyl sites for hydroxylation is 1. The Hall–Kier alpha value is -0.870. The number of aromatic nitrogens is 2. The van der Waals surface area contributed by atoms with Gasteiger partial charge in [-0.05, 0) is 13.0 Å². The van der Waals surface area contributed by atoms with E-state index >= 15 is 0 Å². The summed E-state index contributed by atoms with van der Waals surface area (Å²) in [6, 6.07) is 2.09. The average Bonchev–Trinajstić information content (AvgIpc) is 2.34. The highest BCUT2D eigenvalue weighted by molar-refractivity contribution is 5.04. The van der Waals surface area contributed by atoms with Crippen molar-refractivity contribution in [2.45, 2.75) is 13.0 Å². The van der Waals surface area contributed by atoms with Gasteiger partial charge in [0, 0.05) is 13.2 Å². The molecule has 1 unspecified atom stereocenters. The minimum atomic E-state index is 0.160. The molecule has 0 radical (unpaired) electrons. The molecule has 0 aromatic carbocycles. The van der Waals surface area contributed by atoms with Crippen LogP contribution in [0.15, 0.2) is 12.3 Å². The molecule has 1 atom stereocenters. The number of hydrazine groups is 1. The highest BCUT2D eigenvalue weighted by Gasteiger charge is 2.05. The molecule has 0 bridgehead atoms. The van der Waals surface area contributed by atoms with Gasteiger partial charge in [0.05, 0.1) is 11.7 Å². The maximum atomic E-state index is 5.24. The van der Waals surface area contributed by atoms with Crippen LogP contribution < -0.4 is 11.3 Å². The minimum absolute atomic E-state index is 0.160. The highest BCUT2D eigenvalue weighted by Crippen LogP contribution is 2.07. The smallest absolute Gasteiger partial charge is 0.0600 e. The van der Waals surface area contributed by atoms with E-state index in [9.17, 15) is 0 Å². The normalized spacial score (nSPS) is 13.5. The molecule has 0 amide bonds. The molecule has 4 heteroatoms. The first kappa shape index (κ1) is 7.24. The topological polar surface area (TPSA) is 55.9 Å². The quantitative estimate of drug-likeness (QED) is 0.447. The maximum Gasteiger partial charge on any atom is 0.0600 e. The standard InChI is InChI=1S/C6H12N4/c1-5(9-7)6-3-4-8-10(6)2/h3-5,9H,7H2,1-2H3. The molecule has 0 fully saturated rings. The first-order valence-electron chi connectivity index (χ1n) is 3.19. The molecule has 0 aliphatic rings. The molecule has 1 aromatic rings. The Morgan fingerprint density at radius 3 is 2.90 bits per heavy atom. The van der Waals surface area contributed by atoms with Gasteiger partial charge in [-0.3, -0.25) is 16.0 Å². The predicted molar refractivity (Wildman–Crippen MR) is 38.9 cm³/mol. The fourth-order valence-corrected chi connectivity index (χ4v) is 0.894. The van der Waals surface area contributed by atoms with Gasteiger partial charge in [-0.1, -0.05) is 0 Å². The van der Waals surface area contributed by atoms with Gasteiger partial charge in [-0.25, -0.2) is 0 Å². The van der Waals surface area contributed by atoms with E-state index in [1.807, 2.05) is 20.0 Å². The van der Waals surface area contributed by atoms with E-state index in [1.54, 1.807) is 10.9 Å². The SMILES string of the molecule is CC(NN)c1ccnn1C. The lowest BCUT2D eigenvalue weighted by atomic mass is 10.2. The molecule has 1 rings (SSSR count). The van der Waals surface area contributed by atoms with Crippen LogP contribution in [0.3, 0.4) is 0 Å². The van der Waals surface area contributed by atoms with Gasteiger partial charge in [0.2, 0.25) is 0 Å². The second-order valence-electron chi connectivity index (χ2n) is 2.27. The lowest BCUT2D eigenvalue weighted by Crippen LogP contribution is -2.27. The number of hydrogen-bond donors (Lipinski definition) is 2. The van der Waals surface area contributed by atoms with E-state index in [4.69, 9.17) is 5.84 Å². The summed E-state index contributed by atoms with van der Waals surface area (Å²) in [5, 5.41) is 4.01. The Labute approximate surface area is 60.0 Å². The molecule has 0 spiro atoms. The summed E-state index contributed by atoms with van der Waals surface area (Å²) in [6.07, 6.45) is 1.75. The zero-order chi connectivity index (χ0) is 7.56. The number of nitrogens with one attached hydrogen (secondary N) is 1. The molecule has 4 nitrogen and oxygen atoms in total. The third-order valence-electron chi connectivity index (χ3n) is 1.55. The van der Waals surface area contributed by atoms with Crippen LogP contribution in [0.25, 0.3) is 0 Å². The number of nitrogens with two attached hydrogens (primary N) is 1. The molecule has 1 aromatic heterocycles. The zero-order valence-corrected chi connectivity index (χ0v) is 6.20. The first-order chi connectivity index (χ1) is 4.75. The number of nitrogens with zero attached hydrogens (tertiary/aromatic N) is 2. The summed E-state index contributed by atoms with van der Waals surface area (Å²) in [7, 11) is 1.89. The van der Waals surface area contributed by atoms with Gasteiger partial charge in [0.25, 0.3) is 0 Å². The Morgan fingerprint density at radius 2 is 2.50 bits per heavy atom. The molecule has 56 valence electrons. The van der Waals surface area contributed by atoms with Gasteiger partial charge in [-0.2, -0.15) is 5.10 Å². The molecule has 0 saturated carbocycles. The minimum Gasteiger partial charge on any atom is -0.271 e. The fourth-order valence-electron chi connectivity index (χ4n) is 0.894. The van der Waals surface area contributed by atoms with E-state index in [2.05, 4.69) is 10.5 Å². The van der Waals surface area contributed by atoms with Gasteiger partial charge in [0.1, 0.15) is 0 Å². The van der Waals surface area contributed by atoms with Crippen LogP contribution in [0.1, 0.15) is 18.7 Å². The van der Waals surface area contributed by atoms with E-state index in [0.717, 1.165) is 5.69 Å². The molecule has 10 heavy (non-hydrogen) atoms.